The normalized spacial score (nSPS) is 10.4. The van der Waals surface area contributed by atoms with Gasteiger partial charge in [0.15, 0.2) is 23.0 Å². The predicted molar refractivity (Wildman–Crippen MR) is 99.3 cm³/mol. The Morgan fingerprint density at radius 1 is 0.840 bits per heavy atom. The summed E-state index contributed by atoms with van der Waals surface area (Å²) in [5.41, 5.74) is 2.04. The average molecular weight is 366 g/mol. The highest BCUT2D eigenvalue weighted by atomic mass is 35.5. The van der Waals surface area contributed by atoms with Gasteiger partial charge >= 0.3 is 0 Å². The third kappa shape index (κ3) is 4.94. The maximum atomic E-state index is 6.31. The van der Waals surface area contributed by atoms with Crippen molar-refractivity contribution in [2.45, 2.75) is 20.0 Å². The lowest BCUT2D eigenvalue weighted by Gasteiger charge is -2.13. The van der Waals surface area contributed by atoms with E-state index in [2.05, 4.69) is 5.32 Å². The van der Waals surface area contributed by atoms with Crippen molar-refractivity contribution in [1.29, 1.82) is 0 Å². The van der Waals surface area contributed by atoms with Crippen molar-refractivity contribution in [1.82, 2.24) is 5.32 Å². The van der Waals surface area contributed by atoms with Gasteiger partial charge in [0, 0.05) is 24.2 Å². The van der Waals surface area contributed by atoms with Gasteiger partial charge in [-0.2, -0.15) is 0 Å². The maximum Gasteiger partial charge on any atom is 0.162 e. The molecule has 0 aliphatic carbocycles. The first-order chi connectivity index (χ1) is 12.1. The van der Waals surface area contributed by atoms with Crippen LogP contribution in [0.2, 0.25) is 5.02 Å². The number of hydrogen-bond acceptors (Lipinski definition) is 5. The topological polar surface area (TPSA) is 49.0 Å². The molecule has 0 radical (unpaired) electrons. The maximum absolute atomic E-state index is 6.31. The molecule has 136 valence electrons. The van der Waals surface area contributed by atoms with Crippen LogP contribution in [-0.4, -0.2) is 27.9 Å². The Labute approximate surface area is 153 Å². The van der Waals surface area contributed by atoms with Crippen LogP contribution in [0.5, 0.6) is 23.0 Å². The minimum atomic E-state index is 0.603. The van der Waals surface area contributed by atoms with Crippen LogP contribution < -0.4 is 24.3 Å². The van der Waals surface area contributed by atoms with E-state index in [4.69, 9.17) is 30.5 Å². The molecule has 6 heteroatoms. The molecule has 0 atom stereocenters. The monoisotopic (exact) mass is 365 g/mol. The fourth-order valence-corrected chi connectivity index (χ4v) is 2.69. The first kappa shape index (κ1) is 19.2. The van der Waals surface area contributed by atoms with Gasteiger partial charge in [0.25, 0.3) is 0 Å². The summed E-state index contributed by atoms with van der Waals surface area (Å²) in [6.07, 6.45) is 0. The van der Waals surface area contributed by atoms with Gasteiger partial charge in [-0.3, -0.25) is 0 Å². The second-order valence-electron chi connectivity index (χ2n) is 5.32. The molecule has 0 unspecified atom stereocenters. The fraction of sp³-hybridized carbons (Fsp3) is 0.368. The van der Waals surface area contributed by atoms with E-state index >= 15 is 0 Å². The number of methoxy groups -OCH3 is 3. The van der Waals surface area contributed by atoms with Gasteiger partial charge in [-0.25, -0.2) is 0 Å². The SMILES string of the molecule is CCOc1ccc(CNCc2cc(OC)c(OC)cc2Cl)cc1OC. The Morgan fingerprint density at radius 2 is 1.48 bits per heavy atom. The minimum Gasteiger partial charge on any atom is -0.493 e. The highest BCUT2D eigenvalue weighted by Gasteiger charge is 2.10. The van der Waals surface area contributed by atoms with Crippen LogP contribution in [-0.2, 0) is 13.1 Å². The summed E-state index contributed by atoms with van der Waals surface area (Å²) in [6, 6.07) is 9.54. The quantitative estimate of drug-likeness (QED) is 0.726. The highest BCUT2D eigenvalue weighted by Crippen LogP contribution is 2.33. The molecule has 0 aliphatic heterocycles. The highest BCUT2D eigenvalue weighted by molar-refractivity contribution is 6.31. The standard InChI is InChI=1S/C19H24ClNO4/c1-5-25-16-7-6-13(8-17(16)22-2)11-21-12-14-9-18(23-3)19(24-4)10-15(14)20/h6-10,21H,5,11-12H2,1-4H3. The Hall–Kier alpha value is -2.11. The molecule has 2 aromatic carbocycles. The average Bonchev–Trinajstić information content (AvgIpc) is 2.63. The first-order valence-corrected chi connectivity index (χ1v) is 8.41. The lowest BCUT2D eigenvalue weighted by molar-refractivity contribution is 0.310. The Balaban J connectivity index is 2.03. The van der Waals surface area contributed by atoms with E-state index in [9.17, 15) is 0 Å². The number of benzene rings is 2. The second-order valence-corrected chi connectivity index (χ2v) is 5.73. The van der Waals surface area contributed by atoms with E-state index in [0.29, 0.717) is 36.2 Å². The smallest absolute Gasteiger partial charge is 0.162 e. The van der Waals surface area contributed by atoms with Crippen molar-refractivity contribution in [2.75, 3.05) is 27.9 Å². The van der Waals surface area contributed by atoms with E-state index < -0.39 is 0 Å². The molecule has 2 aromatic rings. The number of rotatable bonds is 9. The van der Waals surface area contributed by atoms with Gasteiger partial charge in [-0.15, -0.1) is 0 Å². The van der Waals surface area contributed by atoms with Gasteiger partial charge in [0.2, 0.25) is 0 Å². The molecule has 5 nitrogen and oxygen atoms in total. The molecule has 0 aromatic heterocycles. The molecule has 0 bridgehead atoms. The van der Waals surface area contributed by atoms with Crippen molar-refractivity contribution < 1.29 is 18.9 Å². The van der Waals surface area contributed by atoms with Crippen LogP contribution in [0.4, 0.5) is 0 Å². The fourth-order valence-electron chi connectivity index (χ4n) is 2.47. The summed E-state index contributed by atoms with van der Waals surface area (Å²) in [7, 11) is 4.83. The molecule has 25 heavy (non-hydrogen) atoms. The minimum absolute atomic E-state index is 0.603. The summed E-state index contributed by atoms with van der Waals surface area (Å²) < 4.78 is 21.5. The number of hydrogen-bond donors (Lipinski definition) is 1. The van der Waals surface area contributed by atoms with Crippen molar-refractivity contribution in [3.05, 3.63) is 46.5 Å². The van der Waals surface area contributed by atoms with Gasteiger partial charge in [0.1, 0.15) is 0 Å². The van der Waals surface area contributed by atoms with Crippen LogP contribution in [0.15, 0.2) is 30.3 Å². The zero-order valence-corrected chi connectivity index (χ0v) is 15.8. The molecule has 0 heterocycles. The van der Waals surface area contributed by atoms with E-state index in [1.165, 1.54) is 0 Å². The van der Waals surface area contributed by atoms with E-state index in [1.807, 2.05) is 31.2 Å². The molecule has 1 N–H and O–H groups in total. The number of halogens is 1. The summed E-state index contributed by atoms with van der Waals surface area (Å²) in [6.45, 7) is 3.83. The molecule has 2 rings (SSSR count). The van der Waals surface area contributed by atoms with Crippen LogP contribution >= 0.6 is 11.6 Å². The van der Waals surface area contributed by atoms with Gasteiger partial charge in [0.05, 0.1) is 27.9 Å². The third-order valence-electron chi connectivity index (χ3n) is 3.73. The van der Waals surface area contributed by atoms with Crippen molar-refractivity contribution in [3.8, 4) is 23.0 Å². The zero-order chi connectivity index (χ0) is 18.2. The third-order valence-corrected chi connectivity index (χ3v) is 4.08. The molecule has 0 fully saturated rings. The molecule has 0 saturated heterocycles. The molecule has 0 saturated carbocycles. The Bertz CT molecular complexity index is 706. The van der Waals surface area contributed by atoms with Crippen LogP contribution in [0.25, 0.3) is 0 Å². The summed E-state index contributed by atoms with van der Waals surface area (Å²) in [5.74, 6) is 2.75. The van der Waals surface area contributed by atoms with Crippen molar-refractivity contribution in [3.63, 3.8) is 0 Å². The lowest BCUT2D eigenvalue weighted by Crippen LogP contribution is -2.13. The molecule has 0 spiro atoms. The van der Waals surface area contributed by atoms with Gasteiger partial charge in [-0.1, -0.05) is 17.7 Å². The lowest BCUT2D eigenvalue weighted by atomic mass is 10.1. The predicted octanol–water partition coefficient (Wildman–Crippen LogP) is 4.05. The summed E-state index contributed by atoms with van der Waals surface area (Å²) in [4.78, 5) is 0. The second kappa shape index (κ2) is 9.39. The Kier molecular flexibility index (Phi) is 7.22. The van der Waals surface area contributed by atoms with Crippen LogP contribution in [0.3, 0.4) is 0 Å². The number of ether oxygens (including phenoxy) is 4. The summed E-state index contributed by atoms with van der Waals surface area (Å²) >= 11 is 6.31. The van der Waals surface area contributed by atoms with E-state index in [0.717, 1.165) is 22.6 Å². The largest absolute Gasteiger partial charge is 0.493 e. The molecule has 0 amide bonds. The molecular formula is C19H24ClNO4. The molecule has 0 aliphatic rings. The van der Waals surface area contributed by atoms with Crippen molar-refractivity contribution >= 4 is 11.6 Å². The van der Waals surface area contributed by atoms with Gasteiger partial charge in [-0.05, 0) is 36.2 Å². The van der Waals surface area contributed by atoms with E-state index in [1.54, 1.807) is 27.4 Å². The van der Waals surface area contributed by atoms with Crippen molar-refractivity contribution in [2.24, 2.45) is 0 Å². The summed E-state index contributed by atoms with van der Waals surface area (Å²) in [5, 5.41) is 4.01. The molecular weight excluding hydrogens is 342 g/mol. The van der Waals surface area contributed by atoms with Gasteiger partial charge < -0.3 is 24.3 Å². The Morgan fingerprint density at radius 3 is 2.12 bits per heavy atom. The number of nitrogens with one attached hydrogen (secondary N) is 1. The first-order valence-electron chi connectivity index (χ1n) is 8.03. The zero-order valence-electron chi connectivity index (χ0n) is 15.0. The van der Waals surface area contributed by atoms with Crippen LogP contribution in [0.1, 0.15) is 18.1 Å². The van der Waals surface area contributed by atoms with Crippen LogP contribution in [0, 0.1) is 0 Å². The van der Waals surface area contributed by atoms with E-state index in [-0.39, 0.29) is 0 Å².